The molecule has 29 heavy (non-hydrogen) atoms. The highest BCUT2D eigenvalue weighted by Crippen LogP contribution is 2.33. The van der Waals surface area contributed by atoms with Crippen molar-refractivity contribution >= 4 is 23.0 Å². The zero-order valence-corrected chi connectivity index (χ0v) is 17.2. The predicted molar refractivity (Wildman–Crippen MR) is 116 cm³/mol. The molecule has 4 nitrogen and oxygen atoms in total. The fourth-order valence-electron chi connectivity index (χ4n) is 3.41. The second kappa shape index (κ2) is 8.93. The maximum atomic E-state index is 9.72. The van der Waals surface area contributed by atoms with Crippen LogP contribution in [0.1, 0.15) is 39.5 Å². The van der Waals surface area contributed by atoms with Crippen molar-refractivity contribution in [3.63, 3.8) is 0 Å². The van der Waals surface area contributed by atoms with Gasteiger partial charge in [0, 0.05) is 4.88 Å². The Hall–Kier alpha value is -3.10. The summed E-state index contributed by atoms with van der Waals surface area (Å²) < 4.78 is 11.4. The number of hydrogen-bond donors (Lipinski definition) is 0. The second-order valence-electron chi connectivity index (χ2n) is 6.95. The van der Waals surface area contributed by atoms with E-state index in [1.807, 2.05) is 54.6 Å². The molecule has 146 valence electrons. The van der Waals surface area contributed by atoms with Gasteiger partial charge < -0.3 is 9.47 Å². The fourth-order valence-corrected chi connectivity index (χ4v) is 4.52. The lowest BCUT2D eigenvalue weighted by Crippen LogP contribution is -1.99. The minimum Gasteiger partial charge on any atom is -0.493 e. The molecule has 0 unspecified atom stereocenters. The van der Waals surface area contributed by atoms with Gasteiger partial charge >= 0.3 is 0 Å². The van der Waals surface area contributed by atoms with Crippen LogP contribution in [0.2, 0.25) is 0 Å². The Morgan fingerprint density at radius 2 is 1.97 bits per heavy atom. The van der Waals surface area contributed by atoms with Crippen LogP contribution < -0.4 is 9.47 Å². The number of aryl methyl sites for hydroxylation is 2. The molecule has 1 aliphatic carbocycles. The summed E-state index contributed by atoms with van der Waals surface area (Å²) in [5.74, 6) is 1.32. The van der Waals surface area contributed by atoms with Crippen LogP contribution in [0.25, 0.3) is 11.6 Å². The minimum atomic E-state index is 0.453. The van der Waals surface area contributed by atoms with Crippen molar-refractivity contribution in [3.05, 3.63) is 75.2 Å². The first-order chi connectivity index (χ1) is 14.3. The van der Waals surface area contributed by atoms with E-state index in [2.05, 4.69) is 6.07 Å². The van der Waals surface area contributed by atoms with Gasteiger partial charge in [0.15, 0.2) is 11.5 Å². The van der Waals surface area contributed by atoms with Gasteiger partial charge in [0.2, 0.25) is 0 Å². The molecule has 0 bridgehead atoms. The second-order valence-corrected chi connectivity index (χ2v) is 8.03. The first-order valence-electron chi connectivity index (χ1n) is 9.72. The normalized spacial score (nSPS) is 13.4. The van der Waals surface area contributed by atoms with Crippen LogP contribution in [0.5, 0.6) is 11.5 Å². The highest BCUT2D eigenvalue weighted by Gasteiger charge is 2.17. The molecule has 1 heterocycles. The smallest absolute Gasteiger partial charge is 0.162 e. The van der Waals surface area contributed by atoms with Gasteiger partial charge in [0.25, 0.3) is 0 Å². The van der Waals surface area contributed by atoms with Crippen molar-refractivity contribution in [2.24, 2.45) is 0 Å². The van der Waals surface area contributed by atoms with E-state index in [1.165, 1.54) is 23.4 Å². The van der Waals surface area contributed by atoms with E-state index in [-0.39, 0.29) is 0 Å². The maximum absolute atomic E-state index is 9.72. The van der Waals surface area contributed by atoms with E-state index in [0.29, 0.717) is 23.7 Å². The number of allylic oxidation sites excluding steroid dienone is 1. The highest BCUT2D eigenvalue weighted by atomic mass is 32.1. The maximum Gasteiger partial charge on any atom is 0.162 e. The van der Waals surface area contributed by atoms with Gasteiger partial charge in [-0.05, 0) is 55.0 Å². The van der Waals surface area contributed by atoms with Gasteiger partial charge in [-0.25, -0.2) is 4.98 Å². The largest absolute Gasteiger partial charge is 0.493 e. The molecular weight excluding hydrogens is 380 g/mol. The monoisotopic (exact) mass is 402 g/mol. The summed E-state index contributed by atoms with van der Waals surface area (Å²) in [6.45, 7) is 0.453. The fraction of sp³-hybridized carbons (Fsp3) is 0.250. The average Bonchev–Trinajstić information content (AvgIpc) is 3.21. The van der Waals surface area contributed by atoms with E-state index in [1.54, 1.807) is 18.4 Å². The van der Waals surface area contributed by atoms with E-state index in [0.717, 1.165) is 29.0 Å². The number of nitriles is 1. The highest BCUT2D eigenvalue weighted by molar-refractivity contribution is 7.13. The van der Waals surface area contributed by atoms with Gasteiger partial charge in [0.1, 0.15) is 17.7 Å². The minimum absolute atomic E-state index is 0.453. The molecule has 0 spiro atoms. The molecule has 0 radical (unpaired) electrons. The Bertz CT molecular complexity index is 1040. The summed E-state index contributed by atoms with van der Waals surface area (Å²) in [6.07, 6.45) is 6.36. The van der Waals surface area contributed by atoms with Crippen LogP contribution in [0.3, 0.4) is 0 Å². The van der Waals surface area contributed by atoms with Crippen LogP contribution in [0.15, 0.2) is 48.5 Å². The quantitative estimate of drug-likeness (QED) is 0.498. The average molecular weight is 403 g/mol. The molecule has 3 aromatic rings. The number of rotatable bonds is 6. The third-order valence-corrected chi connectivity index (χ3v) is 6.12. The van der Waals surface area contributed by atoms with Crippen molar-refractivity contribution in [3.8, 4) is 17.6 Å². The zero-order chi connectivity index (χ0) is 20.1. The van der Waals surface area contributed by atoms with Crippen molar-refractivity contribution in [2.75, 3.05) is 7.11 Å². The summed E-state index contributed by atoms with van der Waals surface area (Å²) in [6, 6.07) is 18.0. The van der Waals surface area contributed by atoms with Crippen molar-refractivity contribution in [1.29, 1.82) is 5.26 Å². The zero-order valence-electron chi connectivity index (χ0n) is 16.4. The Morgan fingerprint density at radius 1 is 1.14 bits per heavy atom. The molecule has 0 atom stereocenters. The van der Waals surface area contributed by atoms with E-state index in [9.17, 15) is 5.26 Å². The number of thiazole rings is 1. The Labute approximate surface area is 175 Å². The number of methoxy groups -OCH3 is 1. The molecule has 0 amide bonds. The summed E-state index contributed by atoms with van der Waals surface area (Å²) in [7, 11) is 1.63. The Morgan fingerprint density at radius 3 is 2.72 bits per heavy atom. The molecular formula is C24H22N2O2S. The standard InChI is InChI=1S/C24H22N2O2S/c1-27-21-12-11-18(14-22(21)28-16-17-7-3-2-4-8-17)13-19(15-25)24-26-20-9-5-6-10-23(20)29-24/h2-4,7-8,11-14H,5-6,9-10,16H2,1H3/b19-13-. The first kappa shape index (κ1) is 19.2. The van der Waals surface area contributed by atoms with Crippen LogP contribution in [0, 0.1) is 11.3 Å². The van der Waals surface area contributed by atoms with Gasteiger partial charge in [0.05, 0.1) is 18.4 Å². The van der Waals surface area contributed by atoms with Gasteiger partial charge in [-0.15, -0.1) is 11.3 Å². The third kappa shape index (κ3) is 4.49. The number of ether oxygens (including phenoxy) is 2. The molecule has 2 aromatic carbocycles. The Kier molecular flexibility index (Phi) is 5.92. The molecule has 1 aliphatic rings. The van der Waals surface area contributed by atoms with Crippen LogP contribution in [-0.2, 0) is 19.4 Å². The van der Waals surface area contributed by atoms with Crippen LogP contribution in [-0.4, -0.2) is 12.1 Å². The van der Waals surface area contributed by atoms with Crippen molar-refractivity contribution in [2.45, 2.75) is 32.3 Å². The summed E-state index contributed by atoms with van der Waals surface area (Å²) >= 11 is 1.65. The number of nitrogens with zero attached hydrogens (tertiary/aromatic N) is 2. The summed E-state index contributed by atoms with van der Waals surface area (Å²) in [4.78, 5) is 6.05. The lowest BCUT2D eigenvalue weighted by molar-refractivity contribution is 0.284. The van der Waals surface area contributed by atoms with E-state index >= 15 is 0 Å². The molecule has 0 fully saturated rings. The number of fused-ring (bicyclic) bond motifs is 1. The molecule has 4 rings (SSSR count). The van der Waals surface area contributed by atoms with Crippen molar-refractivity contribution in [1.82, 2.24) is 4.98 Å². The number of aromatic nitrogens is 1. The van der Waals surface area contributed by atoms with Gasteiger partial charge in [-0.2, -0.15) is 5.26 Å². The predicted octanol–water partition coefficient (Wildman–Crippen LogP) is 5.67. The van der Waals surface area contributed by atoms with E-state index in [4.69, 9.17) is 14.5 Å². The van der Waals surface area contributed by atoms with Crippen LogP contribution >= 0.6 is 11.3 Å². The SMILES string of the molecule is COc1ccc(/C=C(/C#N)c2nc3c(s2)CCCC3)cc1OCc1ccccc1. The summed E-state index contributed by atoms with van der Waals surface area (Å²) in [5, 5.41) is 10.5. The summed E-state index contributed by atoms with van der Waals surface area (Å²) in [5.41, 5.74) is 3.72. The van der Waals surface area contributed by atoms with Gasteiger partial charge in [-0.1, -0.05) is 36.4 Å². The third-order valence-electron chi connectivity index (χ3n) is 4.93. The molecule has 0 saturated heterocycles. The molecule has 0 aliphatic heterocycles. The lowest BCUT2D eigenvalue weighted by Gasteiger charge is -2.11. The molecule has 0 N–H and O–H groups in total. The number of hydrogen-bond acceptors (Lipinski definition) is 5. The van der Waals surface area contributed by atoms with E-state index < -0.39 is 0 Å². The Balaban J connectivity index is 1.60. The molecule has 1 aromatic heterocycles. The topological polar surface area (TPSA) is 55.1 Å². The van der Waals surface area contributed by atoms with Crippen molar-refractivity contribution < 1.29 is 9.47 Å². The van der Waals surface area contributed by atoms with Crippen LogP contribution in [0.4, 0.5) is 0 Å². The molecule has 5 heteroatoms. The lowest BCUT2D eigenvalue weighted by atomic mass is 10.0. The number of benzene rings is 2. The van der Waals surface area contributed by atoms with Gasteiger partial charge in [-0.3, -0.25) is 0 Å². The first-order valence-corrected chi connectivity index (χ1v) is 10.5. The molecule has 0 saturated carbocycles.